The summed E-state index contributed by atoms with van der Waals surface area (Å²) in [6, 6.07) is 1.08. The first-order valence-corrected chi connectivity index (χ1v) is 8.51. The van der Waals surface area contributed by atoms with Crippen molar-refractivity contribution in [2.45, 2.75) is 64.6 Å². The van der Waals surface area contributed by atoms with Gasteiger partial charge in [-0.25, -0.2) is 4.79 Å². The summed E-state index contributed by atoms with van der Waals surface area (Å²) in [6.07, 6.45) is 3.23. The van der Waals surface area contributed by atoms with Gasteiger partial charge in [-0.15, -0.1) is 0 Å². The minimum atomic E-state index is -0.407. The first kappa shape index (κ1) is 17.5. The Morgan fingerprint density at radius 3 is 2.36 bits per heavy atom. The van der Waals surface area contributed by atoms with E-state index in [-0.39, 0.29) is 6.09 Å². The first-order chi connectivity index (χ1) is 10.3. The van der Waals surface area contributed by atoms with Gasteiger partial charge in [0.25, 0.3) is 0 Å². The van der Waals surface area contributed by atoms with Crippen LogP contribution in [-0.4, -0.2) is 55.5 Å². The Morgan fingerprint density at radius 1 is 1.27 bits per heavy atom. The van der Waals surface area contributed by atoms with E-state index in [1.165, 1.54) is 12.8 Å². The van der Waals surface area contributed by atoms with Crippen LogP contribution in [0.15, 0.2) is 0 Å². The highest BCUT2D eigenvalue weighted by Gasteiger charge is 2.43. The highest BCUT2D eigenvalue weighted by atomic mass is 16.6. The van der Waals surface area contributed by atoms with E-state index in [1.807, 2.05) is 25.7 Å². The third-order valence-corrected chi connectivity index (χ3v) is 4.68. The number of carbonyl (C=O) groups excluding carboxylic acids is 1. The number of rotatable bonds is 5. The Labute approximate surface area is 134 Å². The van der Waals surface area contributed by atoms with Gasteiger partial charge in [0, 0.05) is 38.9 Å². The van der Waals surface area contributed by atoms with Crippen molar-refractivity contribution in [3.8, 4) is 0 Å². The van der Waals surface area contributed by atoms with Crippen LogP contribution in [-0.2, 0) is 9.47 Å². The minimum Gasteiger partial charge on any atom is -0.444 e. The monoisotopic (exact) mass is 312 g/mol. The summed E-state index contributed by atoms with van der Waals surface area (Å²) >= 11 is 0. The summed E-state index contributed by atoms with van der Waals surface area (Å²) < 4.78 is 10.6. The van der Waals surface area contributed by atoms with Gasteiger partial charge in [0.1, 0.15) is 5.60 Å². The third-order valence-electron chi connectivity index (χ3n) is 4.68. The molecule has 2 unspecified atom stereocenters. The van der Waals surface area contributed by atoms with Gasteiger partial charge in [0.15, 0.2) is 0 Å². The summed E-state index contributed by atoms with van der Waals surface area (Å²) in [5.41, 5.74) is -0.407. The number of amides is 1. The average molecular weight is 312 g/mol. The lowest BCUT2D eigenvalue weighted by Gasteiger charge is -2.26. The van der Waals surface area contributed by atoms with Crippen molar-refractivity contribution in [1.82, 2.24) is 10.2 Å². The molecule has 0 radical (unpaired) electrons. The van der Waals surface area contributed by atoms with Crippen LogP contribution in [0.5, 0.6) is 0 Å². The maximum absolute atomic E-state index is 12.1. The molecule has 1 heterocycles. The Bertz CT molecular complexity index is 367. The summed E-state index contributed by atoms with van der Waals surface area (Å²) in [7, 11) is 1.75. The fraction of sp³-hybridized carbons (Fsp3) is 0.941. The third kappa shape index (κ3) is 4.85. The molecular formula is C17H32N2O3. The van der Waals surface area contributed by atoms with Crippen molar-refractivity contribution < 1.29 is 14.3 Å². The highest BCUT2D eigenvalue weighted by Crippen LogP contribution is 2.38. The van der Waals surface area contributed by atoms with E-state index in [1.54, 1.807) is 7.11 Å². The molecule has 0 aromatic rings. The molecule has 4 atom stereocenters. The van der Waals surface area contributed by atoms with Gasteiger partial charge in [0.2, 0.25) is 0 Å². The lowest BCUT2D eigenvalue weighted by Crippen LogP contribution is -2.39. The zero-order valence-electron chi connectivity index (χ0n) is 14.7. The number of fused-ring (bicyclic) bond motifs is 1. The number of nitrogens with zero attached hydrogens (tertiary/aromatic N) is 1. The molecule has 0 spiro atoms. The van der Waals surface area contributed by atoms with E-state index in [2.05, 4.69) is 12.2 Å². The predicted molar refractivity (Wildman–Crippen MR) is 86.9 cm³/mol. The molecule has 1 saturated heterocycles. The Balaban J connectivity index is 1.75. The molecule has 1 aliphatic carbocycles. The molecule has 128 valence electrons. The zero-order chi connectivity index (χ0) is 16.3. The summed E-state index contributed by atoms with van der Waals surface area (Å²) in [4.78, 5) is 14.0. The van der Waals surface area contributed by atoms with Crippen LogP contribution in [0.3, 0.4) is 0 Å². The Hall–Kier alpha value is -0.810. The number of hydrogen-bond acceptors (Lipinski definition) is 4. The molecule has 2 fully saturated rings. The first-order valence-electron chi connectivity index (χ1n) is 8.51. The van der Waals surface area contributed by atoms with Crippen LogP contribution in [0.1, 0.15) is 47.0 Å². The average Bonchev–Trinajstić information content (AvgIpc) is 2.92. The second kappa shape index (κ2) is 7.18. The molecule has 0 aromatic heterocycles. The second-order valence-corrected chi connectivity index (χ2v) is 7.92. The largest absolute Gasteiger partial charge is 0.444 e. The van der Waals surface area contributed by atoms with E-state index in [0.717, 1.165) is 26.1 Å². The number of methoxy groups -OCH3 is 1. The minimum absolute atomic E-state index is 0.153. The van der Waals surface area contributed by atoms with Gasteiger partial charge in [-0.1, -0.05) is 0 Å². The molecule has 1 amide bonds. The quantitative estimate of drug-likeness (QED) is 0.848. The van der Waals surface area contributed by atoms with Crippen molar-refractivity contribution >= 4 is 6.09 Å². The van der Waals surface area contributed by atoms with Crippen molar-refractivity contribution in [1.29, 1.82) is 0 Å². The van der Waals surface area contributed by atoms with E-state index in [4.69, 9.17) is 9.47 Å². The lowest BCUT2D eigenvalue weighted by molar-refractivity contribution is 0.0278. The number of likely N-dealkylation sites (tertiary alicyclic amines) is 1. The molecule has 0 bridgehead atoms. The number of nitrogens with one attached hydrogen (secondary N) is 1. The van der Waals surface area contributed by atoms with Gasteiger partial charge >= 0.3 is 6.09 Å². The Kier molecular flexibility index (Phi) is 5.72. The zero-order valence-corrected chi connectivity index (χ0v) is 14.7. The normalized spacial score (nSPS) is 29.5. The number of hydrogen-bond donors (Lipinski definition) is 1. The summed E-state index contributed by atoms with van der Waals surface area (Å²) in [5.74, 6) is 1.25. The number of ether oxygens (including phenoxy) is 2. The molecule has 2 aliphatic rings. The highest BCUT2D eigenvalue weighted by molar-refractivity contribution is 5.68. The molecule has 5 nitrogen and oxygen atoms in total. The van der Waals surface area contributed by atoms with Gasteiger partial charge < -0.3 is 19.7 Å². The number of carbonyl (C=O) groups is 1. The van der Waals surface area contributed by atoms with E-state index < -0.39 is 5.60 Å². The Morgan fingerprint density at radius 2 is 1.86 bits per heavy atom. The molecule has 2 rings (SSSR count). The molecular weight excluding hydrogens is 280 g/mol. The van der Waals surface area contributed by atoms with Crippen LogP contribution >= 0.6 is 0 Å². The van der Waals surface area contributed by atoms with Crippen LogP contribution < -0.4 is 5.32 Å². The topological polar surface area (TPSA) is 50.8 Å². The SMILES string of the molecule is COCCC(C)NC1C[C@@H]2CN(C(=O)OC(C)(C)C)C[C@@H]2C1. The fourth-order valence-electron chi connectivity index (χ4n) is 3.69. The van der Waals surface area contributed by atoms with Crippen molar-refractivity contribution in [3.05, 3.63) is 0 Å². The van der Waals surface area contributed by atoms with Gasteiger partial charge in [-0.3, -0.25) is 0 Å². The predicted octanol–water partition coefficient (Wildman–Crippen LogP) is 2.65. The van der Waals surface area contributed by atoms with Gasteiger partial charge in [-0.05, 0) is 58.8 Å². The molecule has 1 aliphatic heterocycles. The molecule has 5 heteroatoms. The summed E-state index contributed by atoms with van der Waals surface area (Å²) in [6.45, 7) is 10.5. The van der Waals surface area contributed by atoms with E-state index in [9.17, 15) is 4.79 Å². The maximum atomic E-state index is 12.1. The van der Waals surface area contributed by atoms with E-state index >= 15 is 0 Å². The van der Waals surface area contributed by atoms with Gasteiger partial charge in [0.05, 0.1) is 0 Å². The van der Waals surface area contributed by atoms with Crippen LogP contribution in [0.2, 0.25) is 0 Å². The molecule has 1 N–H and O–H groups in total. The van der Waals surface area contributed by atoms with E-state index in [0.29, 0.717) is 23.9 Å². The fourth-order valence-corrected chi connectivity index (χ4v) is 3.69. The smallest absolute Gasteiger partial charge is 0.410 e. The van der Waals surface area contributed by atoms with Crippen molar-refractivity contribution in [2.75, 3.05) is 26.8 Å². The molecule has 0 aromatic carbocycles. The lowest BCUT2D eigenvalue weighted by atomic mass is 10.0. The van der Waals surface area contributed by atoms with Crippen LogP contribution in [0.4, 0.5) is 4.79 Å². The van der Waals surface area contributed by atoms with Crippen LogP contribution in [0.25, 0.3) is 0 Å². The summed E-state index contributed by atoms with van der Waals surface area (Å²) in [5, 5.41) is 3.71. The maximum Gasteiger partial charge on any atom is 0.410 e. The van der Waals surface area contributed by atoms with Crippen molar-refractivity contribution in [3.63, 3.8) is 0 Å². The second-order valence-electron chi connectivity index (χ2n) is 7.92. The standard InChI is InChI=1S/C17H32N2O3/c1-12(6-7-21-5)18-15-8-13-10-19(11-14(13)9-15)16(20)22-17(2,3)4/h12-15,18H,6-11H2,1-5H3/t12?,13-,14+,15?. The molecule has 1 saturated carbocycles. The van der Waals surface area contributed by atoms with Gasteiger partial charge in [-0.2, -0.15) is 0 Å². The van der Waals surface area contributed by atoms with Crippen molar-refractivity contribution in [2.24, 2.45) is 11.8 Å². The van der Waals surface area contributed by atoms with Crippen LogP contribution in [0, 0.1) is 11.8 Å². The molecule has 22 heavy (non-hydrogen) atoms.